The molecule has 0 bridgehead atoms. The number of nitrogens with one attached hydrogen (secondary N) is 1. The van der Waals surface area contributed by atoms with Gasteiger partial charge in [0, 0.05) is 0 Å². The third-order valence-electron chi connectivity index (χ3n) is 11.5. The molecule has 0 rings (SSSR count). The summed E-state index contributed by atoms with van der Waals surface area (Å²) in [6.07, 6.45) is 52.4. The van der Waals surface area contributed by atoms with Crippen LogP contribution in [0.1, 0.15) is 258 Å². The highest BCUT2D eigenvalue weighted by molar-refractivity contribution is 7.85. The molecule has 0 aromatic heterocycles. The lowest BCUT2D eigenvalue weighted by molar-refractivity contribution is -0.130. The molecule has 0 aromatic carbocycles. The zero-order valence-corrected chi connectivity index (χ0v) is 38.4. The summed E-state index contributed by atoms with van der Waals surface area (Å²) in [6, 6.07) is -1.23. The molecule has 57 heavy (non-hydrogen) atoms. The lowest BCUT2D eigenvalue weighted by Gasteiger charge is -2.22. The van der Waals surface area contributed by atoms with Crippen molar-refractivity contribution >= 4 is 16.0 Å². The third-order valence-corrected chi connectivity index (χ3v) is 12.3. The molecule has 0 aromatic rings. The first-order valence-corrected chi connectivity index (χ1v) is 26.3. The summed E-state index contributed by atoms with van der Waals surface area (Å²) in [4.78, 5) is 12.7. The van der Waals surface area contributed by atoms with E-state index in [-0.39, 0.29) is 6.42 Å². The number of allylic oxidation sites excluding steroid dienone is 3. The fourth-order valence-electron chi connectivity index (χ4n) is 7.69. The van der Waals surface area contributed by atoms with E-state index >= 15 is 0 Å². The number of carbonyl (C=O) groups is 1. The second-order valence-electron chi connectivity index (χ2n) is 17.2. The van der Waals surface area contributed by atoms with Gasteiger partial charge in [-0.15, -0.1) is 0 Å². The lowest BCUT2D eigenvalue weighted by atomic mass is 10.0. The fourth-order valence-corrected chi connectivity index (χ4v) is 8.42. The fraction of sp³-hybridized carbons (Fsp3) is 0.898. The molecule has 3 atom stereocenters. The van der Waals surface area contributed by atoms with Crippen molar-refractivity contribution < 1.29 is 28.0 Å². The van der Waals surface area contributed by atoms with Gasteiger partial charge in [0.05, 0.1) is 17.9 Å². The topological polar surface area (TPSA) is 124 Å². The van der Waals surface area contributed by atoms with Crippen LogP contribution in [0.3, 0.4) is 0 Å². The van der Waals surface area contributed by atoms with Crippen molar-refractivity contribution in [3.63, 3.8) is 0 Å². The molecule has 4 N–H and O–H groups in total. The number of hydrogen-bond acceptors (Lipinski definition) is 5. The molecule has 0 aliphatic carbocycles. The van der Waals surface area contributed by atoms with Crippen LogP contribution in [0.25, 0.3) is 0 Å². The lowest BCUT2D eigenvalue weighted by Crippen LogP contribution is -2.50. The number of unbranched alkanes of at least 4 members (excludes halogenated alkanes) is 34. The number of amides is 1. The maximum Gasteiger partial charge on any atom is 0.267 e. The van der Waals surface area contributed by atoms with Crippen molar-refractivity contribution in [2.75, 3.05) is 5.75 Å². The quantitative estimate of drug-likeness (QED) is 0.0275. The summed E-state index contributed by atoms with van der Waals surface area (Å²) in [5, 5.41) is 23.5. The molecule has 0 radical (unpaired) electrons. The molecule has 0 saturated carbocycles. The second kappa shape index (κ2) is 42.9. The van der Waals surface area contributed by atoms with Gasteiger partial charge in [-0.25, -0.2) is 0 Å². The molecule has 0 aliphatic heterocycles. The van der Waals surface area contributed by atoms with Crippen molar-refractivity contribution in [1.29, 1.82) is 0 Å². The molecule has 0 saturated heterocycles. The van der Waals surface area contributed by atoms with Gasteiger partial charge < -0.3 is 15.5 Å². The molecular formula is C49H95NO6S. The number of hydrogen-bond donors (Lipinski definition) is 4. The predicted molar refractivity (Wildman–Crippen MR) is 245 cm³/mol. The van der Waals surface area contributed by atoms with E-state index in [4.69, 9.17) is 0 Å². The van der Waals surface area contributed by atoms with Crippen LogP contribution < -0.4 is 5.32 Å². The van der Waals surface area contributed by atoms with Gasteiger partial charge in [0.2, 0.25) is 5.91 Å². The molecule has 8 heteroatoms. The van der Waals surface area contributed by atoms with Crippen LogP contribution in [0.15, 0.2) is 24.3 Å². The van der Waals surface area contributed by atoms with E-state index in [1.807, 2.05) is 6.08 Å². The summed E-state index contributed by atoms with van der Waals surface area (Å²) in [6.45, 7) is 4.54. The Morgan fingerprint density at radius 2 is 0.772 bits per heavy atom. The number of aliphatic hydroxyl groups excluding tert-OH is 2. The zero-order chi connectivity index (χ0) is 41.9. The van der Waals surface area contributed by atoms with Crippen molar-refractivity contribution in [2.45, 2.75) is 276 Å². The highest BCUT2D eigenvalue weighted by Gasteiger charge is 2.27. The van der Waals surface area contributed by atoms with E-state index in [2.05, 4.69) is 31.3 Å². The summed E-state index contributed by atoms with van der Waals surface area (Å²) in [5.41, 5.74) is 0. The van der Waals surface area contributed by atoms with Crippen molar-refractivity contribution in [1.82, 2.24) is 5.32 Å². The molecule has 0 fully saturated rings. The second-order valence-corrected chi connectivity index (χ2v) is 18.7. The Morgan fingerprint density at radius 3 is 1.11 bits per heavy atom. The average Bonchev–Trinajstić information content (AvgIpc) is 3.18. The van der Waals surface area contributed by atoms with Gasteiger partial charge in [-0.3, -0.25) is 9.35 Å². The van der Waals surface area contributed by atoms with Crippen LogP contribution in [-0.4, -0.2) is 53.1 Å². The molecule has 0 heterocycles. The van der Waals surface area contributed by atoms with Crippen molar-refractivity contribution in [3.8, 4) is 0 Å². The van der Waals surface area contributed by atoms with E-state index in [1.165, 1.54) is 192 Å². The summed E-state index contributed by atoms with van der Waals surface area (Å²) in [7, 11) is -4.45. The first-order chi connectivity index (χ1) is 27.7. The number of aliphatic hydroxyl groups is 2. The maximum atomic E-state index is 12.7. The largest absolute Gasteiger partial charge is 0.387 e. The first kappa shape index (κ1) is 55.8. The normalized spacial score (nSPS) is 13.8. The minimum atomic E-state index is -4.45. The Balaban J connectivity index is 3.91. The Kier molecular flexibility index (Phi) is 42.0. The van der Waals surface area contributed by atoms with Crippen LogP contribution in [0.4, 0.5) is 0 Å². The van der Waals surface area contributed by atoms with Gasteiger partial charge in [-0.05, 0) is 44.9 Å². The predicted octanol–water partition coefficient (Wildman–Crippen LogP) is 14.1. The molecule has 0 spiro atoms. The SMILES string of the molecule is CCCCCCCCCCCCCC/C=C\CCCCCCCCC(O)C(=O)NC(CS(=O)(=O)O)C(O)/C=C/CCCCCCCCCCCCCCCCCC. The highest BCUT2D eigenvalue weighted by Crippen LogP contribution is 2.16. The Labute approximate surface area is 354 Å². The highest BCUT2D eigenvalue weighted by atomic mass is 32.2. The van der Waals surface area contributed by atoms with E-state index in [9.17, 15) is 28.0 Å². The Morgan fingerprint density at radius 1 is 0.474 bits per heavy atom. The number of rotatable bonds is 45. The van der Waals surface area contributed by atoms with Gasteiger partial charge in [-0.2, -0.15) is 8.42 Å². The van der Waals surface area contributed by atoms with Crippen molar-refractivity contribution in [3.05, 3.63) is 24.3 Å². The number of carbonyl (C=O) groups excluding carboxylic acids is 1. The Bertz CT molecular complexity index is 1020. The van der Waals surface area contributed by atoms with E-state index in [0.29, 0.717) is 6.42 Å². The molecule has 3 unspecified atom stereocenters. The van der Waals surface area contributed by atoms with E-state index < -0.39 is 40.0 Å². The molecule has 0 aliphatic rings. The summed E-state index contributed by atoms with van der Waals surface area (Å²) >= 11 is 0. The van der Waals surface area contributed by atoms with Gasteiger partial charge in [0.1, 0.15) is 6.10 Å². The van der Waals surface area contributed by atoms with Gasteiger partial charge in [0.25, 0.3) is 10.1 Å². The smallest absolute Gasteiger partial charge is 0.267 e. The molecule has 338 valence electrons. The summed E-state index contributed by atoms with van der Waals surface area (Å²) < 4.78 is 32.7. The van der Waals surface area contributed by atoms with Crippen molar-refractivity contribution in [2.24, 2.45) is 0 Å². The maximum absolute atomic E-state index is 12.7. The van der Waals surface area contributed by atoms with Gasteiger partial charge in [-0.1, -0.05) is 237 Å². The minimum Gasteiger partial charge on any atom is -0.387 e. The molecular weight excluding hydrogens is 731 g/mol. The van der Waals surface area contributed by atoms with Gasteiger partial charge >= 0.3 is 0 Å². The third kappa shape index (κ3) is 42.7. The monoisotopic (exact) mass is 826 g/mol. The van der Waals surface area contributed by atoms with Crippen LogP contribution in [0.2, 0.25) is 0 Å². The minimum absolute atomic E-state index is 0.275. The molecule has 1 amide bonds. The van der Waals surface area contributed by atoms with Crippen LogP contribution in [0, 0.1) is 0 Å². The zero-order valence-electron chi connectivity index (χ0n) is 37.6. The van der Waals surface area contributed by atoms with Crippen LogP contribution >= 0.6 is 0 Å². The van der Waals surface area contributed by atoms with Gasteiger partial charge in [0.15, 0.2) is 0 Å². The van der Waals surface area contributed by atoms with E-state index in [0.717, 1.165) is 44.9 Å². The standard InChI is InChI=1S/C49H95NO6S/c1-3-5-7-9-11-13-15-17-19-21-23-24-25-26-28-30-32-34-36-38-40-42-44-48(52)49(53)50-46(45-57(54,55)56)47(51)43-41-39-37-35-33-31-29-27-22-20-18-16-14-12-10-8-6-4-2/h26,28,41,43,46-48,51-52H,3-25,27,29-40,42,44-45H2,1-2H3,(H,50,53)(H,54,55,56)/b28-26-,43-41+. The summed E-state index contributed by atoms with van der Waals surface area (Å²) in [5.74, 6) is -1.53. The average molecular weight is 826 g/mol. The van der Waals surface area contributed by atoms with Crippen LogP contribution in [-0.2, 0) is 14.9 Å². The first-order valence-electron chi connectivity index (χ1n) is 24.6. The Hall–Kier alpha value is -1.22. The van der Waals surface area contributed by atoms with E-state index in [1.54, 1.807) is 0 Å². The van der Waals surface area contributed by atoms with Crippen LogP contribution in [0.5, 0.6) is 0 Å². The molecule has 7 nitrogen and oxygen atoms in total.